The van der Waals surface area contributed by atoms with Crippen LogP contribution in [0.15, 0.2) is 36.4 Å². The van der Waals surface area contributed by atoms with E-state index in [1.165, 1.54) is 17.0 Å². The van der Waals surface area contributed by atoms with Crippen LogP contribution in [0, 0.1) is 47.1 Å². The van der Waals surface area contributed by atoms with Crippen LogP contribution >= 0.6 is 45.2 Å². The molecule has 0 bridgehead atoms. The van der Waals surface area contributed by atoms with Gasteiger partial charge in [-0.1, -0.05) is 0 Å². The third-order valence-electron chi connectivity index (χ3n) is 7.81. The zero-order chi connectivity index (χ0) is 43.4. The molecule has 0 saturated heterocycles. The van der Waals surface area contributed by atoms with Crippen molar-refractivity contribution in [3.63, 3.8) is 0 Å². The van der Waals surface area contributed by atoms with E-state index in [9.17, 15) is 59.7 Å². The minimum atomic E-state index is -1.58. The number of phenolic OH excluding ortho intramolecular Hbond substituents is 1. The van der Waals surface area contributed by atoms with Gasteiger partial charge < -0.3 is 90.2 Å². The van der Waals surface area contributed by atoms with Gasteiger partial charge in [0.05, 0.1) is 55.7 Å². The molecular formula is C34H43GdI2N4O17-2. The van der Waals surface area contributed by atoms with E-state index in [2.05, 4.69) is 5.32 Å². The summed E-state index contributed by atoms with van der Waals surface area (Å²) in [7, 11) is 1.57. The van der Waals surface area contributed by atoms with Crippen molar-refractivity contribution in [1.29, 1.82) is 0 Å². The zero-order valence-corrected chi connectivity index (χ0v) is 37.3. The zero-order valence-electron chi connectivity index (χ0n) is 30.8. The standard InChI is InChI=1S/C27H31I2N3O12.C7H17NO5.Gd/c28-19-9-16(10-20(29)26(19)44-18-3-1-17(33)2-4-18)11-21(27(42)43)32(7-5-30(12-22(34)35)13-23(36)37)8-6-31(14-24(38)39)15-25(40)41;1-8-2-4(10)6(12)7(13)5(11)3-9;/h1-4,9-10,21,33H,5-8,11-15H2,(H,34,35)(H,36,37)(H,38,39)(H,40,41)(H,42,43);4-13H,2-3H2,1H3;/q;;+3/p-5/t21-;;/m1../s1. The van der Waals surface area contributed by atoms with Crippen LogP contribution in [0.1, 0.15) is 5.56 Å². The van der Waals surface area contributed by atoms with Crippen LogP contribution in [-0.4, -0.2) is 178 Å². The Bertz CT molecular complexity index is 1520. The fourth-order valence-electron chi connectivity index (χ4n) is 5.06. The number of halogens is 2. The van der Waals surface area contributed by atoms with E-state index < -0.39 is 93.1 Å². The van der Waals surface area contributed by atoms with Crippen LogP contribution in [0.5, 0.6) is 17.2 Å². The molecule has 325 valence electrons. The third-order valence-corrected chi connectivity index (χ3v) is 9.42. The van der Waals surface area contributed by atoms with Crippen LogP contribution in [0.4, 0.5) is 0 Å². The van der Waals surface area contributed by atoms with Gasteiger partial charge in [-0.05, 0) is 101 Å². The number of ether oxygens (including phenoxy) is 1. The first kappa shape index (κ1) is 55.8. The van der Waals surface area contributed by atoms with Crippen LogP contribution in [-0.2, 0) is 30.4 Å². The molecule has 0 aliphatic heterocycles. The number of carboxylic acids is 5. The maximum absolute atomic E-state index is 12.4. The van der Waals surface area contributed by atoms with Crippen molar-refractivity contribution in [2.75, 3.05) is 72.6 Å². The van der Waals surface area contributed by atoms with E-state index in [4.69, 9.17) is 25.2 Å². The average molecular weight is 1190 g/mol. The fourth-order valence-corrected chi connectivity index (χ4v) is 7.18. The SMILES string of the molecule is CNCC(O)C(O)C(O)C(O)CO.O=C([O-])CN(CCN(CCN(CC(=O)[O-])CC(=O)[O-])[C@H](Cc1cc(I)c(Oc2ccc(O)cc2)c(I)c1)C(=O)[O-])CC(=O)[O-].[Gd+3]. The number of carbonyl (C=O) groups excluding carboxylic acids is 5. The number of carboxylic acid groups (broad SMARTS) is 5. The van der Waals surface area contributed by atoms with E-state index in [0.717, 1.165) is 9.80 Å². The Hall–Kier alpha value is -2.19. The number of hydrogen-bond donors (Lipinski definition) is 7. The summed E-state index contributed by atoms with van der Waals surface area (Å²) in [5.74, 6) is -6.89. The molecule has 7 N–H and O–H groups in total. The number of benzene rings is 2. The molecular weight excluding hydrogens is 1150 g/mol. The van der Waals surface area contributed by atoms with Gasteiger partial charge in [0.1, 0.15) is 29.8 Å². The molecule has 5 atom stereocenters. The minimum Gasteiger partial charge on any atom is -0.549 e. The molecule has 2 rings (SSSR count). The molecule has 2 aromatic rings. The van der Waals surface area contributed by atoms with Gasteiger partial charge in [-0.3, -0.25) is 14.7 Å². The Morgan fingerprint density at radius 1 is 0.724 bits per heavy atom. The van der Waals surface area contributed by atoms with Crippen molar-refractivity contribution in [3.05, 3.63) is 49.1 Å². The summed E-state index contributed by atoms with van der Waals surface area (Å²) < 4.78 is 7.15. The molecule has 0 heterocycles. The Balaban J connectivity index is 0.00000198. The topological polar surface area (TPSA) is 353 Å². The van der Waals surface area contributed by atoms with Gasteiger partial charge in [-0.15, -0.1) is 0 Å². The van der Waals surface area contributed by atoms with E-state index in [1.807, 2.05) is 45.2 Å². The number of aliphatic hydroxyl groups is 5. The summed E-state index contributed by atoms with van der Waals surface area (Å²) in [5.41, 5.74) is 0.527. The largest absolute Gasteiger partial charge is 3.00 e. The molecule has 0 aromatic heterocycles. The van der Waals surface area contributed by atoms with Crippen molar-refractivity contribution in [2.24, 2.45) is 0 Å². The second-order valence-electron chi connectivity index (χ2n) is 12.3. The molecule has 1 radical (unpaired) electrons. The predicted octanol–water partition coefficient (Wildman–Crippen LogP) is -8.40. The first-order valence-corrected chi connectivity index (χ1v) is 19.0. The summed E-state index contributed by atoms with van der Waals surface area (Å²) >= 11 is 4.01. The van der Waals surface area contributed by atoms with Crippen LogP contribution < -0.4 is 35.6 Å². The molecule has 0 fully saturated rings. The maximum atomic E-state index is 12.4. The summed E-state index contributed by atoms with van der Waals surface area (Å²) in [6.45, 7) is -4.77. The van der Waals surface area contributed by atoms with Crippen molar-refractivity contribution >= 4 is 75.0 Å². The number of phenols is 1. The quantitative estimate of drug-likeness (QED) is 0.0430. The Labute approximate surface area is 392 Å². The first-order valence-electron chi connectivity index (χ1n) is 16.8. The molecule has 24 heteroatoms. The number of hydrogen-bond acceptors (Lipinski definition) is 21. The normalized spacial score (nSPS) is 13.7. The summed E-state index contributed by atoms with van der Waals surface area (Å²) in [6, 6.07) is 7.97. The van der Waals surface area contributed by atoms with Gasteiger partial charge in [0.25, 0.3) is 0 Å². The van der Waals surface area contributed by atoms with Crippen molar-refractivity contribution in [1.82, 2.24) is 20.0 Å². The van der Waals surface area contributed by atoms with Gasteiger partial charge in [0.2, 0.25) is 0 Å². The molecule has 4 unspecified atom stereocenters. The van der Waals surface area contributed by atoms with E-state index in [-0.39, 0.29) is 84.8 Å². The fraction of sp³-hybridized carbons (Fsp3) is 0.500. The summed E-state index contributed by atoms with van der Waals surface area (Å²) in [5, 5.41) is 114. The van der Waals surface area contributed by atoms with E-state index in [1.54, 1.807) is 31.3 Å². The molecule has 0 aliphatic carbocycles. The molecule has 0 amide bonds. The number of nitrogens with one attached hydrogen (secondary N) is 1. The summed E-state index contributed by atoms with van der Waals surface area (Å²) in [6.07, 6.45) is -5.80. The van der Waals surface area contributed by atoms with Crippen LogP contribution in [0.25, 0.3) is 0 Å². The maximum Gasteiger partial charge on any atom is 3.00 e. The van der Waals surface area contributed by atoms with Crippen LogP contribution in [0.3, 0.4) is 0 Å². The van der Waals surface area contributed by atoms with Crippen LogP contribution in [0.2, 0.25) is 0 Å². The molecule has 0 aliphatic rings. The average Bonchev–Trinajstić information content (AvgIpc) is 3.11. The molecule has 58 heavy (non-hydrogen) atoms. The second kappa shape index (κ2) is 29.1. The number of rotatable bonds is 26. The molecule has 21 nitrogen and oxygen atoms in total. The number of aromatic hydroxyl groups is 1. The monoisotopic (exact) mass is 1190 g/mol. The van der Waals surface area contributed by atoms with Crippen molar-refractivity contribution in [3.8, 4) is 17.2 Å². The minimum absolute atomic E-state index is 0. The van der Waals surface area contributed by atoms with Crippen molar-refractivity contribution in [2.45, 2.75) is 36.9 Å². The Morgan fingerprint density at radius 3 is 1.50 bits per heavy atom. The van der Waals surface area contributed by atoms with Gasteiger partial charge in [0, 0.05) is 58.9 Å². The van der Waals surface area contributed by atoms with Gasteiger partial charge >= 0.3 is 39.9 Å². The summed E-state index contributed by atoms with van der Waals surface area (Å²) in [4.78, 5) is 60.1. The number of carbonyl (C=O) groups is 5. The van der Waals surface area contributed by atoms with Crippen molar-refractivity contribution < 1.29 is 125 Å². The molecule has 2 aromatic carbocycles. The number of aliphatic carboxylic acids is 5. The Morgan fingerprint density at radius 2 is 1.14 bits per heavy atom. The van der Waals surface area contributed by atoms with E-state index >= 15 is 0 Å². The number of likely N-dealkylation sites (N-methyl/N-ethyl adjacent to an activating group) is 1. The van der Waals surface area contributed by atoms with Gasteiger partial charge in [-0.25, -0.2) is 0 Å². The second-order valence-corrected chi connectivity index (χ2v) is 14.6. The van der Waals surface area contributed by atoms with Gasteiger partial charge in [-0.2, -0.15) is 0 Å². The van der Waals surface area contributed by atoms with Gasteiger partial charge in [0.15, 0.2) is 5.75 Å². The Kier molecular flexibility index (Phi) is 28.0. The number of aliphatic hydroxyl groups excluding tert-OH is 5. The first-order chi connectivity index (χ1) is 26.7. The van der Waals surface area contributed by atoms with E-state index in [0.29, 0.717) is 24.2 Å². The third kappa shape index (κ3) is 21.9. The predicted molar refractivity (Wildman–Crippen MR) is 202 cm³/mol. The molecule has 0 saturated carbocycles. The smallest absolute Gasteiger partial charge is 0.549 e. The molecule has 0 spiro atoms. The number of nitrogens with zero attached hydrogens (tertiary/aromatic N) is 3.